The molecule has 3 heterocycles. The van der Waals surface area contributed by atoms with Crippen LogP contribution in [0, 0.1) is 5.92 Å². The van der Waals surface area contributed by atoms with Gasteiger partial charge >= 0.3 is 6.03 Å². The maximum atomic E-state index is 13.1. The number of aromatic nitrogens is 3. The number of amides is 3. The number of urea groups is 1. The van der Waals surface area contributed by atoms with Crippen molar-refractivity contribution in [1.29, 1.82) is 0 Å². The summed E-state index contributed by atoms with van der Waals surface area (Å²) >= 11 is 0. The van der Waals surface area contributed by atoms with E-state index in [1.165, 1.54) is 0 Å². The Morgan fingerprint density at radius 2 is 1.93 bits per heavy atom. The van der Waals surface area contributed by atoms with E-state index >= 15 is 0 Å². The predicted octanol–water partition coefficient (Wildman–Crippen LogP) is 1.72. The third kappa shape index (κ3) is 7.92. The van der Waals surface area contributed by atoms with Crippen LogP contribution in [0.5, 0.6) is 0 Å². The molecule has 12 heteroatoms. The molecule has 1 aromatic carbocycles. The van der Waals surface area contributed by atoms with E-state index in [1.807, 2.05) is 44.3 Å². The number of nitrogens with one attached hydrogen (secondary N) is 1. The van der Waals surface area contributed by atoms with Crippen LogP contribution in [-0.2, 0) is 22.7 Å². The highest BCUT2D eigenvalue weighted by Crippen LogP contribution is 2.21. The second-order valence-corrected chi connectivity index (χ2v) is 11.1. The van der Waals surface area contributed by atoms with Gasteiger partial charge in [-0.05, 0) is 44.7 Å². The van der Waals surface area contributed by atoms with Gasteiger partial charge in [-0.25, -0.2) is 4.79 Å². The number of carbonyl (C=O) groups excluding carboxylic acids is 2. The lowest BCUT2D eigenvalue weighted by Crippen LogP contribution is -2.48. The average Bonchev–Trinajstić information content (AvgIpc) is 3.41. The number of fused-ring (bicyclic) bond motifs is 2. The highest BCUT2D eigenvalue weighted by Gasteiger charge is 2.29. The van der Waals surface area contributed by atoms with Gasteiger partial charge in [-0.3, -0.25) is 9.48 Å². The van der Waals surface area contributed by atoms with Crippen molar-refractivity contribution in [2.24, 2.45) is 5.92 Å². The third-order valence-electron chi connectivity index (χ3n) is 7.83. The van der Waals surface area contributed by atoms with E-state index in [9.17, 15) is 14.7 Å². The topological polar surface area (TPSA) is 119 Å². The first-order valence-corrected chi connectivity index (χ1v) is 14.2. The van der Waals surface area contributed by atoms with Gasteiger partial charge in [-0.1, -0.05) is 12.1 Å². The number of anilines is 2. The number of aliphatic hydroxyl groups is 1. The monoisotopic (exact) mass is 556 g/mol. The van der Waals surface area contributed by atoms with E-state index in [0.29, 0.717) is 38.2 Å². The van der Waals surface area contributed by atoms with Crippen LogP contribution in [0.2, 0.25) is 0 Å². The number of benzene rings is 1. The molecule has 2 aliphatic heterocycles. The van der Waals surface area contributed by atoms with Crippen LogP contribution in [-0.4, -0.2) is 119 Å². The minimum atomic E-state index is -0.373. The molecule has 0 aliphatic carbocycles. The van der Waals surface area contributed by atoms with Crippen LogP contribution in [0.4, 0.5) is 16.2 Å². The minimum Gasteiger partial charge on any atom is -0.394 e. The maximum absolute atomic E-state index is 13.1. The highest BCUT2D eigenvalue weighted by atomic mass is 16.5. The van der Waals surface area contributed by atoms with Crippen LogP contribution >= 0.6 is 0 Å². The van der Waals surface area contributed by atoms with Crippen LogP contribution in [0.15, 0.2) is 30.5 Å². The number of aliphatic hydroxyl groups excluding tert-OH is 1. The number of hydrogen-bond donors (Lipinski definition) is 2. The fourth-order valence-corrected chi connectivity index (χ4v) is 5.09. The molecule has 0 unspecified atom stereocenters. The SMILES string of the molecule is C[C@H]1CN([C@@H](C)CO)C(=O)CCCn2cc(nn2)CO[C@H]1CN(C)C(=O)Nc1ccc(N2CCN(C)CC2)cc1. The summed E-state index contributed by atoms with van der Waals surface area (Å²) in [4.78, 5) is 34.2. The Morgan fingerprint density at radius 1 is 1.20 bits per heavy atom. The van der Waals surface area contributed by atoms with Gasteiger partial charge in [0.25, 0.3) is 0 Å². The quantitative estimate of drug-likeness (QED) is 0.552. The molecule has 12 nitrogen and oxygen atoms in total. The lowest BCUT2D eigenvalue weighted by molar-refractivity contribution is -0.136. The molecule has 2 aliphatic rings. The van der Waals surface area contributed by atoms with Gasteiger partial charge in [0.1, 0.15) is 5.69 Å². The van der Waals surface area contributed by atoms with Gasteiger partial charge in [0, 0.05) is 76.6 Å². The summed E-state index contributed by atoms with van der Waals surface area (Å²) in [6.45, 7) is 9.34. The van der Waals surface area contributed by atoms with Gasteiger partial charge in [0.2, 0.25) is 5.91 Å². The molecule has 2 N–H and O–H groups in total. The van der Waals surface area contributed by atoms with Crippen LogP contribution in [0.25, 0.3) is 0 Å². The number of piperazine rings is 1. The molecule has 0 radical (unpaired) electrons. The molecule has 3 amide bonds. The summed E-state index contributed by atoms with van der Waals surface area (Å²) in [6, 6.07) is 7.40. The Hall–Kier alpha value is -3.22. The fraction of sp³-hybridized carbons (Fsp3) is 0.643. The largest absolute Gasteiger partial charge is 0.394 e. The Bertz CT molecular complexity index is 1100. The Kier molecular flexibility index (Phi) is 10.3. The van der Waals surface area contributed by atoms with Crippen molar-refractivity contribution < 1.29 is 19.4 Å². The van der Waals surface area contributed by atoms with Crippen LogP contribution < -0.4 is 10.2 Å². The van der Waals surface area contributed by atoms with E-state index in [-0.39, 0.29) is 43.2 Å². The van der Waals surface area contributed by atoms with E-state index in [2.05, 4.69) is 32.5 Å². The molecule has 4 rings (SSSR count). The van der Waals surface area contributed by atoms with Gasteiger partial charge in [0.15, 0.2) is 0 Å². The van der Waals surface area contributed by atoms with Crippen molar-refractivity contribution in [3.8, 4) is 0 Å². The van der Waals surface area contributed by atoms with Gasteiger partial charge in [0.05, 0.1) is 31.6 Å². The molecular formula is C28H44N8O4. The number of hydrogen-bond acceptors (Lipinski definition) is 8. The highest BCUT2D eigenvalue weighted by molar-refractivity contribution is 5.89. The smallest absolute Gasteiger partial charge is 0.321 e. The Labute approximate surface area is 236 Å². The number of carbonyl (C=O) groups is 2. The second kappa shape index (κ2) is 13.9. The summed E-state index contributed by atoms with van der Waals surface area (Å²) in [6.07, 6.45) is 2.45. The van der Waals surface area contributed by atoms with Crippen molar-refractivity contribution in [1.82, 2.24) is 29.7 Å². The van der Waals surface area contributed by atoms with Crippen LogP contribution in [0.1, 0.15) is 32.4 Å². The minimum absolute atomic E-state index is 0.0159. The number of aryl methyl sites for hydroxylation is 1. The lowest BCUT2D eigenvalue weighted by atomic mass is 10.0. The second-order valence-electron chi connectivity index (χ2n) is 11.1. The molecule has 220 valence electrons. The van der Waals surface area contributed by atoms with E-state index in [4.69, 9.17) is 4.74 Å². The molecule has 1 aromatic heterocycles. The summed E-state index contributed by atoms with van der Waals surface area (Å²) in [5, 5.41) is 21.1. The first kappa shape index (κ1) is 29.8. The summed E-state index contributed by atoms with van der Waals surface area (Å²) < 4.78 is 8.00. The zero-order valence-electron chi connectivity index (χ0n) is 24.2. The van der Waals surface area contributed by atoms with E-state index in [0.717, 1.165) is 37.6 Å². The zero-order chi connectivity index (χ0) is 28.6. The van der Waals surface area contributed by atoms with Crippen molar-refractivity contribution in [3.63, 3.8) is 0 Å². The van der Waals surface area contributed by atoms with Crippen molar-refractivity contribution in [2.75, 3.05) is 70.2 Å². The molecule has 1 saturated heterocycles. The number of ether oxygens (including phenoxy) is 1. The van der Waals surface area contributed by atoms with E-state index in [1.54, 1.807) is 21.5 Å². The molecular weight excluding hydrogens is 512 g/mol. The standard InChI is InChI=1S/C28H44N8O4/c1-21-16-36(22(2)19-37)27(38)6-5-11-35-17-24(30-31-35)20-40-26(21)18-33(4)28(39)29-23-7-9-25(10-8-23)34-14-12-32(3)13-15-34/h7-10,17,21-22,26,37H,5-6,11-16,18-20H2,1-4H3,(H,29,39)/t21-,22-,26-/m0/s1. The molecule has 40 heavy (non-hydrogen) atoms. The number of likely N-dealkylation sites (N-methyl/N-ethyl adjacent to an activating group) is 2. The Balaban J connectivity index is 1.41. The molecule has 0 spiro atoms. The number of rotatable bonds is 6. The van der Waals surface area contributed by atoms with Gasteiger partial charge in [-0.2, -0.15) is 0 Å². The first-order valence-electron chi connectivity index (χ1n) is 14.2. The van der Waals surface area contributed by atoms with Crippen LogP contribution in [0.3, 0.4) is 0 Å². The lowest BCUT2D eigenvalue weighted by Gasteiger charge is -2.35. The molecule has 1 fully saturated rings. The summed E-state index contributed by atoms with van der Waals surface area (Å²) in [5.74, 6) is -0.121. The predicted molar refractivity (Wildman–Crippen MR) is 153 cm³/mol. The maximum Gasteiger partial charge on any atom is 0.321 e. The number of nitrogens with zero attached hydrogens (tertiary/aromatic N) is 7. The first-order chi connectivity index (χ1) is 19.2. The van der Waals surface area contributed by atoms with Gasteiger partial charge in [-0.15, -0.1) is 5.10 Å². The normalized spacial score (nSPS) is 22.2. The van der Waals surface area contributed by atoms with Crippen molar-refractivity contribution in [3.05, 3.63) is 36.2 Å². The molecule has 2 aromatic rings. The zero-order valence-corrected chi connectivity index (χ0v) is 24.2. The molecule has 3 atom stereocenters. The Morgan fingerprint density at radius 3 is 2.62 bits per heavy atom. The fourth-order valence-electron chi connectivity index (χ4n) is 5.09. The average molecular weight is 557 g/mol. The third-order valence-corrected chi connectivity index (χ3v) is 7.83. The molecule has 0 saturated carbocycles. The molecule has 2 bridgehead atoms. The van der Waals surface area contributed by atoms with Gasteiger partial charge < -0.3 is 34.8 Å². The summed E-state index contributed by atoms with van der Waals surface area (Å²) in [5.41, 5.74) is 2.58. The van der Waals surface area contributed by atoms with Crippen molar-refractivity contribution in [2.45, 2.75) is 52.0 Å². The summed E-state index contributed by atoms with van der Waals surface area (Å²) in [7, 11) is 3.87. The van der Waals surface area contributed by atoms with E-state index < -0.39 is 0 Å². The van der Waals surface area contributed by atoms with Crippen molar-refractivity contribution >= 4 is 23.3 Å².